The Kier molecular flexibility index (Phi) is 5.23. The molecule has 2 aromatic rings. The summed E-state index contributed by atoms with van der Waals surface area (Å²) >= 11 is 1.64. The van der Waals surface area contributed by atoms with E-state index in [0.29, 0.717) is 12.1 Å². The molecule has 0 saturated heterocycles. The first-order chi connectivity index (χ1) is 9.61. The molecular weight excluding hydrogens is 275 g/mol. The number of thiazole rings is 1. The molecule has 0 fully saturated rings. The lowest BCUT2D eigenvalue weighted by Gasteiger charge is -2.16. The van der Waals surface area contributed by atoms with Crippen molar-refractivity contribution in [3.05, 3.63) is 51.7 Å². The third kappa shape index (κ3) is 3.62. The minimum Gasteiger partial charge on any atom is -0.387 e. The Morgan fingerprint density at radius 1 is 1.40 bits per heavy atom. The van der Waals surface area contributed by atoms with Crippen molar-refractivity contribution >= 4 is 11.3 Å². The van der Waals surface area contributed by atoms with Gasteiger partial charge in [-0.15, -0.1) is 11.3 Å². The van der Waals surface area contributed by atoms with Gasteiger partial charge in [-0.3, -0.25) is 0 Å². The number of nitrogens with zero attached hydrogens (tertiary/aromatic N) is 1. The SMILES string of the molecule is CCc1nc([C@H](C)NC[C@@H](O)c2ccccc2F)cs1. The second-order valence-corrected chi connectivity index (χ2v) is 5.63. The van der Waals surface area contributed by atoms with Gasteiger partial charge in [0.25, 0.3) is 0 Å². The molecule has 2 N–H and O–H groups in total. The van der Waals surface area contributed by atoms with Crippen LogP contribution in [0, 0.1) is 5.82 Å². The molecule has 2 rings (SSSR count). The minimum absolute atomic E-state index is 0.0352. The maximum absolute atomic E-state index is 13.5. The largest absolute Gasteiger partial charge is 0.387 e. The molecule has 3 nitrogen and oxygen atoms in total. The maximum atomic E-state index is 13.5. The van der Waals surface area contributed by atoms with Crippen molar-refractivity contribution < 1.29 is 9.50 Å². The summed E-state index contributed by atoms with van der Waals surface area (Å²) in [7, 11) is 0. The molecular formula is C15H19FN2OS. The number of benzene rings is 1. The molecule has 0 spiro atoms. The van der Waals surface area contributed by atoms with Gasteiger partial charge in [-0.1, -0.05) is 25.1 Å². The molecule has 108 valence electrons. The van der Waals surface area contributed by atoms with Gasteiger partial charge < -0.3 is 10.4 Å². The fourth-order valence-corrected chi connectivity index (χ4v) is 2.77. The summed E-state index contributed by atoms with van der Waals surface area (Å²) in [5.41, 5.74) is 1.28. The highest BCUT2D eigenvalue weighted by atomic mass is 32.1. The first-order valence-electron chi connectivity index (χ1n) is 6.72. The van der Waals surface area contributed by atoms with Crippen LogP contribution in [0.2, 0.25) is 0 Å². The molecule has 0 bridgehead atoms. The van der Waals surface area contributed by atoms with E-state index >= 15 is 0 Å². The van der Waals surface area contributed by atoms with E-state index in [1.165, 1.54) is 6.07 Å². The highest BCUT2D eigenvalue weighted by molar-refractivity contribution is 7.09. The average molecular weight is 294 g/mol. The Labute approximate surface area is 122 Å². The summed E-state index contributed by atoms with van der Waals surface area (Å²) in [6.07, 6.45) is 0.0674. The number of rotatable bonds is 6. The number of halogens is 1. The van der Waals surface area contributed by atoms with E-state index in [9.17, 15) is 9.50 Å². The van der Waals surface area contributed by atoms with Gasteiger partial charge in [0.1, 0.15) is 5.82 Å². The molecule has 0 radical (unpaired) electrons. The molecule has 1 aromatic heterocycles. The van der Waals surface area contributed by atoms with Crippen LogP contribution in [0.4, 0.5) is 4.39 Å². The van der Waals surface area contributed by atoms with Crippen LogP contribution in [0.25, 0.3) is 0 Å². The fourth-order valence-electron chi connectivity index (χ4n) is 1.93. The molecule has 1 heterocycles. The molecule has 2 atom stereocenters. The number of hydrogen-bond donors (Lipinski definition) is 2. The normalized spacial score (nSPS) is 14.2. The smallest absolute Gasteiger partial charge is 0.129 e. The zero-order valence-electron chi connectivity index (χ0n) is 11.6. The lowest BCUT2D eigenvalue weighted by atomic mass is 10.1. The molecule has 20 heavy (non-hydrogen) atoms. The molecule has 0 aliphatic heterocycles. The molecule has 0 aliphatic rings. The molecule has 0 aliphatic carbocycles. The van der Waals surface area contributed by atoms with Crippen LogP contribution in [0.5, 0.6) is 0 Å². The van der Waals surface area contributed by atoms with Crippen LogP contribution < -0.4 is 5.32 Å². The van der Waals surface area contributed by atoms with Gasteiger partial charge in [-0.05, 0) is 19.4 Å². The van der Waals surface area contributed by atoms with Gasteiger partial charge in [0.15, 0.2) is 0 Å². The van der Waals surface area contributed by atoms with Crippen LogP contribution in [-0.4, -0.2) is 16.6 Å². The monoisotopic (exact) mass is 294 g/mol. The quantitative estimate of drug-likeness (QED) is 0.860. The zero-order valence-corrected chi connectivity index (χ0v) is 12.5. The fraction of sp³-hybridized carbons (Fsp3) is 0.400. The Hall–Kier alpha value is -1.30. The number of aryl methyl sites for hydroxylation is 1. The van der Waals surface area contributed by atoms with Crippen LogP contribution in [0.1, 0.15) is 42.3 Å². The summed E-state index contributed by atoms with van der Waals surface area (Å²) < 4.78 is 13.5. The zero-order chi connectivity index (χ0) is 14.5. The molecule has 1 aromatic carbocycles. The molecule has 0 unspecified atom stereocenters. The average Bonchev–Trinajstić information content (AvgIpc) is 2.94. The van der Waals surface area contributed by atoms with E-state index < -0.39 is 6.10 Å². The predicted octanol–water partition coefficient (Wildman–Crippen LogP) is 3.23. The van der Waals surface area contributed by atoms with E-state index in [-0.39, 0.29) is 11.9 Å². The van der Waals surface area contributed by atoms with Crippen molar-refractivity contribution in [3.8, 4) is 0 Å². The van der Waals surface area contributed by atoms with E-state index in [4.69, 9.17) is 0 Å². The van der Waals surface area contributed by atoms with Crippen molar-refractivity contribution in [2.45, 2.75) is 32.4 Å². The summed E-state index contributed by atoms with van der Waals surface area (Å²) in [4.78, 5) is 4.50. The van der Waals surface area contributed by atoms with Gasteiger partial charge in [-0.25, -0.2) is 9.37 Å². The number of aliphatic hydroxyl groups excluding tert-OH is 1. The molecule has 0 saturated carbocycles. The van der Waals surface area contributed by atoms with Gasteiger partial charge >= 0.3 is 0 Å². The summed E-state index contributed by atoms with van der Waals surface area (Å²) in [5.74, 6) is -0.378. The topological polar surface area (TPSA) is 45.2 Å². The minimum atomic E-state index is -0.858. The number of hydrogen-bond acceptors (Lipinski definition) is 4. The highest BCUT2D eigenvalue weighted by Crippen LogP contribution is 2.19. The van der Waals surface area contributed by atoms with E-state index in [1.54, 1.807) is 29.5 Å². The van der Waals surface area contributed by atoms with E-state index in [0.717, 1.165) is 17.1 Å². The van der Waals surface area contributed by atoms with E-state index in [2.05, 4.69) is 17.2 Å². The second kappa shape index (κ2) is 6.92. The first-order valence-corrected chi connectivity index (χ1v) is 7.60. The summed E-state index contributed by atoms with van der Waals surface area (Å²) in [6, 6.07) is 6.33. The van der Waals surface area contributed by atoms with Crippen molar-refractivity contribution in [1.82, 2.24) is 10.3 Å². The first kappa shape index (κ1) is 15.1. The van der Waals surface area contributed by atoms with E-state index in [1.807, 2.05) is 12.3 Å². The van der Waals surface area contributed by atoms with Crippen LogP contribution in [-0.2, 0) is 6.42 Å². The second-order valence-electron chi connectivity index (χ2n) is 4.69. The molecule has 0 amide bonds. The number of aromatic nitrogens is 1. The van der Waals surface area contributed by atoms with Gasteiger partial charge in [-0.2, -0.15) is 0 Å². The lowest BCUT2D eigenvalue weighted by Crippen LogP contribution is -2.25. The van der Waals surface area contributed by atoms with Crippen LogP contribution in [0.3, 0.4) is 0 Å². The Balaban J connectivity index is 1.93. The van der Waals surface area contributed by atoms with Crippen LogP contribution >= 0.6 is 11.3 Å². The van der Waals surface area contributed by atoms with Gasteiger partial charge in [0.2, 0.25) is 0 Å². The Morgan fingerprint density at radius 3 is 2.80 bits per heavy atom. The van der Waals surface area contributed by atoms with Crippen molar-refractivity contribution in [2.24, 2.45) is 0 Å². The lowest BCUT2D eigenvalue weighted by molar-refractivity contribution is 0.166. The summed E-state index contributed by atoms with van der Waals surface area (Å²) in [5, 5.41) is 16.3. The van der Waals surface area contributed by atoms with Gasteiger partial charge in [0, 0.05) is 23.5 Å². The van der Waals surface area contributed by atoms with Crippen LogP contribution in [0.15, 0.2) is 29.6 Å². The van der Waals surface area contributed by atoms with Crippen molar-refractivity contribution in [2.75, 3.05) is 6.54 Å². The standard InChI is InChI=1S/C15H19FN2OS/c1-3-15-18-13(9-20-15)10(2)17-8-14(19)11-6-4-5-7-12(11)16/h4-7,9-10,14,17,19H,3,8H2,1-2H3/t10-,14+/m0/s1. The third-order valence-corrected chi connectivity index (χ3v) is 4.21. The number of aliphatic hydroxyl groups is 1. The Morgan fingerprint density at radius 2 is 2.15 bits per heavy atom. The van der Waals surface area contributed by atoms with Crippen molar-refractivity contribution in [3.63, 3.8) is 0 Å². The van der Waals surface area contributed by atoms with Gasteiger partial charge in [0.05, 0.1) is 16.8 Å². The Bertz CT molecular complexity index is 558. The third-order valence-electron chi connectivity index (χ3n) is 3.20. The maximum Gasteiger partial charge on any atom is 0.129 e. The predicted molar refractivity (Wildman–Crippen MR) is 79.3 cm³/mol. The number of nitrogens with one attached hydrogen (secondary N) is 1. The summed E-state index contributed by atoms with van der Waals surface area (Å²) in [6.45, 7) is 4.35. The highest BCUT2D eigenvalue weighted by Gasteiger charge is 2.15. The molecule has 5 heteroatoms. The van der Waals surface area contributed by atoms with Crippen molar-refractivity contribution in [1.29, 1.82) is 0 Å².